The van der Waals surface area contributed by atoms with Crippen molar-refractivity contribution in [1.29, 1.82) is 0 Å². The van der Waals surface area contributed by atoms with Gasteiger partial charge < -0.3 is 4.90 Å². The monoisotopic (exact) mass is 374 g/mol. The molecule has 10 heteroatoms. The summed E-state index contributed by atoms with van der Waals surface area (Å²) in [6.07, 6.45) is 3.17. The number of piperazine rings is 1. The molecule has 3 aromatic rings. The van der Waals surface area contributed by atoms with E-state index in [0.717, 1.165) is 5.82 Å². The van der Waals surface area contributed by atoms with Crippen LogP contribution in [0, 0.1) is 6.92 Å². The van der Waals surface area contributed by atoms with E-state index in [1.807, 2.05) is 18.2 Å². The van der Waals surface area contributed by atoms with Gasteiger partial charge in [0.15, 0.2) is 0 Å². The van der Waals surface area contributed by atoms with E-state index in [2.05, 4.69) is 20.1 Å². The highest BCUT2D eigenvalue weighted by Crippen LogP contribution is 2.21. The molecule has 9 nitrogen and oxygen atoms in total. The molecular formula is C16H18N6O3S. The van der Waals surface area contributed by atoms with E-state index in [4.69, 9.17) is 0 Å². The molecule has 0 amide bonds. The highest BCUT2D eigenvalue weighted by atomic mass is 32.2. The third kappa shape index (κ3) is 2.76. The number of pyridine rings is 1. The fourth-order valence-corrected chi connectivity index (χ4v) is 4.55. The van der Waals surface area contributed by atoms with Crippen LogP contribution in [0.3, 0.4) is 0 Å². The van der Waals surface area contributed by atoms with Gasteiger partial charge in [-0.15, -0.1) is 0 Å². The Morgan fingerprint density at radius 1 is 1.15 bits per heavy atom. The number of H-pyrrole nitrogens is 1. The van der Waals surface area contributed by atoms with Crippen molar-refractivity contribution in [2.24, 2.45) is 0 Å². The molecule has 0 radical (unpaired) electrons. The predicted octanol–water partition coefficient (Wildman–Crippen LogP) is 0.237. The van der Waals surface area contributed by atoms with Crippen LogP contribution in [0.1, 0.15) is 5.82 Å². The maximum Gasteiger partial charge on any atom is 0.288 e. The Morgan fingerprint density at radius 2 is 1.92 bits per heavy atom. The lowest BCUT2D eigenvalue weighted by atomic mass is 10.3. The first-order valence-electron chi connectivity index (χ1n) is 8.20. The third-order valence-corrected chi connectivity index (χ3v) is 6.41. The maximum absolute atomic E-state index is 13.0. The zero-order chi connectivity index (χ0) is 18.3. The van der Waals surface area contributed by atoms with Gasteiger partial charge in [-0.2, -0.15) is 9.40 Å². The summed E-state index contributed by atoms with van der Waals surface area (Å²) in [5.41, 5.74) is -0.153. The van der Waals surface area contributed by atoms with Crippen molar-refractivity contribution in [3.05, 3.63) is 52.8 Å². The topological polar surface area (TPSA) is 104 Å². The molecule has 0 atom stereocenters. The van der Waals surface area contributed by atoms with Crippen molar-refractivity contribution in [3.8, 4) is 0 Å². The van der Waals surface area contributed by atoms with Gasteiger partial charge in [-0.25, -0.2) is 18.5 Å². The molecule has 1 fully saturated rings. The first-order chi connectivity index (χ1) is 12.5. The summed E-state index contributed by atoms with van der Waals surface area (Å²) >= 11 is 0. The Labute approximate surface area is 149 Å². The molecule has 0 spiro atoms. The summed E-state index contributed by atoms with van der Waals surface area (Å²) in [6, 6.07) is 7.06. The van der Waals surface area contributed by atoms with E-state index >= 15 is 0 Å². The smallest absolute Gasteiger partial charge is 0.288 e. The number of nitrogens with one attached hydrogen (secondary N) is 1. The summed E-state index contributed by atoms with van der Waals surface area (Å²) < 4.78 is 28.9. The van der Waals surface area contributed by atoms with Gasteiger partial charge >= 0.3 is 0 Å². The van der Waals surface area contributed by atoms with Crippen LogP contribution in [0.25, 0.3) is 5.52 Å². The number of fused-ring (bicyclic) bond motifs is 1. The van der Waals surface area contributed by atoms with E-state index in [1.54, 1.807) is 13.1 Å². The number of hydrogen-bond acceptors (Lipinski definition) is 6. The minimum Gasteiger partial charge on any atom is -0.354 e. The minimum absolute atomic E-state index is 0.102. The molecule has 0 bridgehead atoms. The highest BCUT2D eigenvalue weighted by molar-refractivity contribution is 7.89. The summed E-state index contributed by atoms with van der Waals surface area (Å²) in [7, 11) is -3.68. The molecule has 0 unspecified atom stereocenters. The molecule has 3 aromatic heterocycles. The van der Waals surface area contributed by atoms with Gasteiger partial charge in [0.2, 0.25) is 10.0 Å². The van der Waals surface area contributed by atoms with Crippen molar-refractivity contribution in [3.63, 3.8) is 0 Å². The lowest BCUT2D eigenvalue weighted by molar-refractivity contribution is 0.384. The molecular weight excluding hydrogens is 356 g/mol. The standard InChI is InChI=1S/C16H18N6O3S/c1-12-18-19-16(23)14-10-13(11-22(12)14)26(24,25)21-8-6-20(7-9-21)15-4-2-3-5-17-15/h2-5,10-11H,6-9H2,1H3,(H,19,23). The summed E-state index contributed by atoms with van der Waals surface area (Å²) in [5.74, 6) is 1.36. The van der Waals surface area contributed by atoms with Crippen molar-refractivity contribution >= 4 is 21.4 Å². The van der Waals surface area contributed by atoms with Crippen LogP contribution in [0.4, 0.5) is 5.82 Å². The van der Waals surface area contributed by atoms with Crippen LogP contribution in [0.5, 0.6) is 0 Å². The average molecular weight is 374 g/mol. The van der Waals surface area contributed by atoms with Gasteiger partial charge in [-0.05, 0) is 25.1 Å². The minimum atomic E-state index is -3.68. The fraction of sp³-hybridized carbons (Fsp3) is 0.312. The molecule has 0 aliphatic carbocycles. The number of sulfonamides is 1. The quantitative estimate of drug-likeness (QED) is 0.704. The van der Waals surface area contributed by atoms with Crippen molar-refractivity contribution in [2.75, 3.05) is 31.1 Å². The van der Waals surface area contributed by atoms with Gasteiger partial charge in [0.1, 0.15) is 22.1 Å². The van der Waals surface area contributed by atoms with E-state index < -0.39 is 15.6 Å². The number of hydrogen-bond donors (Lipinski definition) is 1. The average Bonchev–Trinajstić information content (AvgIpc) is 3.13. The highest BCUT2D eigenvalue weighted by Gasteiger charge is 2.30. The van der Waals surface area contributed by atoms with Gasteiger partial charge in [-0.1, -0.05) is 6.07 Å². The van der Waals surface area contributed by atoms with Gasteiger partial charge in [0.25, 0.3) is 5.56 Å². The van der Waals surface area contributed by atoms with Crippen molar-refractivity contribution in [2.45, 2.75) is 11.8 Å². The van der Waals surface area contributed by atoms with Gasteiger partial charge in [0, 0.05) is 38.6 Å². The lowest BCUT2D eigenvalue weighted by Crippen LogP contribution is -2.48. The van der Waals surface area contributed by atoms with Crippen LogP contribution in [0.15, 0.2) is 46.3 Å². The van der Waals surface area contributed by atoms with Crippen LogP contribution in [-0.4, -0.2) is 58.5 Å². The maximum atomic E-state index is 13.0. The van der Waals surface area contributed by atoms with Crippen LogP contribution >= 0.6 is 0 Å². The largest absolute Gasteiger partial charge is 0.354 e. The summed E-state index contributed by atoms with van der Waals surface area (Å²) in [4.78, 5) is 18.4. The summed E-state index contributed by atoms with van der Waals surface area (Å²) in [6.45, 7) is 3.54. The van der Waals surface area contributed by atoms with E-state index in [9.17, 15) is 13.2 Å². The molecule has 26 heavy (non-hydrogen) atoms. The van der Waals surface area contributed by atoms with E-state index in [-0.39, 0.29) is 10.4 Å². The second-order valence-electron chi connectivity index (χ2n) is 6.11. The lowest BCUT2D eigenvalue weighted by Gasteiger charge is -2.34. The van der Waals surface area contributed by atoms with E-state index in [0.29, 0.717) is 32.0 Å². The molecule has 0 aromatic carbocycles. The molecule has 1 aliphatic rings. The molecule has 1 aliphatic heterocycles. The third-order valence-electron chi connectivity index (χ3n) is 4.55. The van der Waals surface area contributed by atoms with E-state index in [1.165, 1.54) is 21.0 Å². The summed E-state index contributed by atoms with van der Waals surface area (Å²) in [5, 5.41) is 6.22. The second-order valence-corrected chi connectivity index (χ2v) is 8.05. The molecule has 4 rings (SSSR count). The second kappa shape index (κ2) is 6.22. The SMILES string of the molecule is Cc1n[nH]c(=O)c2cc(S(=O)(=O)N3CCN(c4ccccn4)CC3)cn12. The Balaban J connectivity index is 1.59. The molecule has 1 saturated heterocycles. The number of aromatic nitrogens is 4. The fourth-order valence-electron chi connectivity index (χ4n) is 3.11. The Morgan fingerprint density at radius 3 is 2.58 bits per heavy atom. The molecule has 0 saturated carbocycles. The number of aromatic amines is 1. The number of rotatable bonds is 3. The number of aryl methyl sites for hydroxylation is 1. The van der Waals surface area contributed by atoms with Crippen molar-refractivity contribution < 1.29 is 8.42 Å². The number of nitrogens with zero attached hydrogens (tertiary/aromatic N) is 5. The molecule has 1 N–H and O–H groups in total. The molecule has 136 valence electrons. The zero-order valence-corrected chi connectivity index (χ0v) is 15.0. The zero-order valence-electron chi connectivity index (χ0n) is 14.2. The number of anilines is 1. The molecule has 4 heterocycles. The van der Waals surface area contributed by atoms with Crippen LogP contribution < -0.4 is 10.5 Å². The Kier molecular flexibility index (Phi) is 4.00. The predicted molar refractivity (Wildman–Crippen MR) is 95.8 cm³/mol. The van der Waals surface area contributed by atoms with Crippen LogP contribution in [-0.2, 0) is 10.0 Å². The Bertz CT molecular complexity index is 1100. The first kappa shape index (κ1) is 16.7. The van der Waals surface area contributed by atoms with Crippen LogP contribution in [0.2, 0.25) is 0 Å². The van der Waals surface area contributed by atoms with Crippen molar-refractivity contribution in [1.82, 2.24) is 23.9 Å². The normalized spacial score (nSPS) is 16.3. The first-order valence-corrected chi connectivity index (χ1v) is 9.64. The van der Waals surface area contributed by atoms with Gasteiger partial charge in [-0.3, -0.25) is 9.20 Å². The Hall–Kier alpha value is -2.72. The van der Waals surface area contributed by atoms with Gasteiger partial charge in [0.05, 0.1) is 0 Å².